The molecule has 2 N–H and O–H groups in total. The van der Waals surface area contributed by atoms with Gasteiger partial charge in [0.05, 0.1) is 0 Å². The molecule has 0 aromatic carbocycles. The molecule has 1 saturated heterocycles. The van der Waals surface area contributed by atoms with Crippen molar-refractivity contribution in [1.82, 2.24) is 20.5 Å². The summed E-state index contributed by atoms with van der Waals surface area (Å²) in [6, 6.07) is 4.31. The minimum Gasteiger partial charge on any atom is -0.356 e. The third kappa shape index (κ3) is 6.23. The van der Waals surface area contributed by atoms with Gasteiger partial charge in [-0.3, -0.25) is 4.99 Å². The van der Waals surface area contributed by atoms with Crippen LogP contribution in [0.25, 0.3) is 0 Å². The molecule has 0 saturated carbocycles. The number of pyridine rings is 1. The van der Waals surface area contributed by atoms with Gasteiger partial charge in [0.25, 0.3) is 0 Å². The molecule has 1 aromatic rings. The van der Waals surface area contributed by atoms with Crippen LogP contribution in [0.4, 0.5) is 5.82 Å². The van der Waals surface area contributed by atoms with Crippen molar-refractivity contribution in [3.8, 4) is 0 Å². The van der Waals surface area contributed by atoms with E-state index in [9.17, 15) is 0 Å². The number of likely N-dealkylation sites (N-methyl/N-ethyl adjacent to an activating group) is 1. The van der Waals surface area contributed by atoms with E-state index in [2.05, 4.69) is 55.5 Å². The van der Waals surface area contributed by atoms with Crippen LogP contribution in [0.3, 0.4) is 0 Å². The molecule has 154 valence electrons. The van der Waals surface area contributed by atoms with Crippen LogP contribution in [0.15, 0.2) is 35.0 Å². The van der Waals surface area contributed by atoms with Gasteiger partial charge in [0.15, 0.2) is 5.96 Å². The maximum atomic E-state index is 4.68. The highest BCUT2D eigenvalue weighted by molar-refractivity contribution is 5.79. The molecule has 2 aliphatic rings. The number of nitrogens with one attached hydrogen (secondary N) is 2. The fourth-order valence-electron chi connectivity index (χ4n) is 3.88. The van der Waals surface area contributed by atoms with E-state index in [0.29, 0.717) is 0 Å². The van der Waals surface area contributed by atoms with Crippen LogP contribution in [-0.4, -0.2) is 62.2 Å². The van der Waals surface area contributed by atoms with Gasteiger partial charge < -0.3 is 20.4 Å². The van der Waals surface area contributed by atoms with Crippen molar-refractivity contribution < 1.29 is 0 Å². The molecule has 6 nitrogen and oxygen atoms in total. The first-order valence-electron chi connectivity index (χ1n) is 10.8. The molecular weight excluding hydrogens is 348 g/mol. The summed E-state index contributed by atoms with van der Waals surface area (Å²) in [4.78, 5) is 13.9. The molecule has 6 heteroatoms. The largest absolute Gasteiger partial charge is 0.356 e. The van der Waals surface area contributed by atoms with Crippen LogP contribution in [0.2, 0.25) is 0 Å². The van der Waals surface area contributed by atoms with Crippen molar-refractivity contribution in [2.75, 3.05) is 51.2 Å². The number of anilines is 1. The first-order valence-corrected chi connectivity index (χ1v) is 10.8. The van der Waals surface area contributed by atoms with Crippen LogP contribution in [0, 0.1) is 0 Å². The number of rotatable bonds is 7. The summed E-state index contributed by atoms with van der Waals surface area (Å²) in [6.07, 6.45) is 10.7. The van der Waals surface area contributed by atoms with Crippen LogP contribution < -0.4 is 15.5 Å². The molecular formula is C22H36N6. The van der Waals surface area contributed by atoms with E-state index in [1.807, 2.05) is 13.2 Å². The van der Waals surface area contributed by atoms with Crippen molar-refractivity contribution in [3.05, 3.63) is 35.5 Å². The molecule has 1 aromatic heterocycles. The molecule has 0 unspecified atom stereocenters. The van der Waals surface area contributed by atoms with Gasteiger partial charge in [-0.2, -0.15) is 0 Å². The predicted molar refractivity (Wildman–Crippen MR) is 118 cm³/mol. The Labute approximate surface area is 170 Å². The first kappa shape index (κ1) is 20.6. The molecule has 2 heterocycles. The Kier molecular flexibility index (Phi) is 8.15. The predicted octanol–water partition coefficient (Wildman–Crippen LogP) is 2.78. The molecule has 1 aliphatic carbocycles. The Balaban J connectivity index is 1.40. The van der Waals surface area contributed by atoms with E-state index >= 15 is 0 Å². The molecule has 3 rings (SSSR count). The van der Waals surface area contributed by atoms with Crippen molar-refractivity contribution in [2.24, 2.45) is 4.99 Å². The SMILES string of the molecule is CCN1CCN(c2ccc(CNC(=NC)NCCC3=CCCCC3)cn2)CC1. The molecule has 1 aliphatic heterocycles. The summed E-state index contributed by atoms with van der Waals surface area (Å²) < 4.78 is 0. The van der Waals surface area contributed by atoms with E-state index in [-0.39, 0.29) is 0 Å². The Morgan fingerprint density at radius 2 is 2.00 bits per heavy atom. The van der Waals surface area contributed by atoms with Crippen molar-refractivity contribution in [3.63, 3.8) is 0 Å². The van der Waals surface area contributed by atoms with Gasteiger partial charge >= 0.3 is 0 Å². The fourth-order valence-corrected chi connectivity index (χ4v) is 3.88. The lowest BCUT2D eigenvalue weighted by Crippen LogP contribution is -2.46. The smallest absolute Gasteiger partial charge is 0.191 e. The summed E-state index contributed by atoms with van der Waals surface area (Å²) >= 11 is 0. The Morgan fingerprint density at radius 3 is 2.64 bits per heavy atom. The van der Waals surface area contributed by atoms with Crippen LogP contribution >= 0.6 is 0 Å². The van der Waals surface area contributed by atoms with E-state index in [1.165, 1.54) is 31.2 Å². The lowest BCUT2D eigenvalue weighted by Gasteiger charge is -2.34. The first-order chi connectivity index (χ1) is 13.8. The summed E-state index contributed by atoms with van der Waals surface area (Å²) in [5, 5.41) is 6.82. The van der Waals surface area contributed by atoms with Gasteiger partial charge in [-0.25, -0.2) is 4.98 Å². The van der Waals surface area contributed by atoms with Gasteiger partial charge in [0.1, 0.15) is 5.82 Å². The minimum atomic E-state index is 0.735. The van der Waals surface area contributed by atoms with Crippen LogP contribution in [-0.2, 0) is 6.54 Å². The molecule has 1 fully saturated rings. The van der Waals surface area contributed by atoms with Crippen molar-refractivity contribution in [1.29, 1.82) is 0 Å². The topological polar surface area (TPSA) is 55.8 Å². The highest BCUT2D eigenvalue weighted by Gasteiger charge is 2.16. The normalized spacial score (nSPS) is 18.7. The van der Waals surface area contributed by atoms with Crippen molar-refractivity contribution in [2.45, 2.75) is 45.6 Å². The summed E-state index contributed by atoms with van der Waals surface area (Å²) in [5.41, 5.74) is 2.77. The van der Waals surface area contributed by atoms with Gasteiger partial charge in [-0.15, -0.1) is 0 Å². The molecule has 0 spiro atoms. The number of allylic oxidation sites excluding steroid dienone is 1. The molecule has 0 atom stereocenters. The number of guanidine groups is 1. The van der Waals surface area contributed by atoms with Crippen LogP contribution in [0.5, 0.6) is 0 Å². The fraction of sp³-hybridized carbons (Fsp3) is 0.636. The van der Waals surface area contributed by atoms with Gasteiger partial charge in [0.2, 0.25) is 0 Å². The zero-order valence-electron chi connectivity index (χ0n) is 17.6. The quantitative estimate of drug-likeness (QED) is 0.430. The maximum Gasteiger partial charge on any atom is 0.191 e. The van der Waals surface area contributed by atoms with E-state index < -0.39 is 0 Å². The second-order valence-corrected chi connectivity index (χ2v) is 7.66. The van der Waals surface area contributed by atoms with Gasteiger partial charge in [-0.05, 0) is 50.3 Å². The number of aliphatic imine (C=N–C) groups is 1. The van der Waals surface area contributed by atoms with Gasteiger partial charge in [0, 0.05) is 52.5 Å². The number of hydrogen-bond donors (Lipinski definition) is 2. The summed E-state index contributed by atoms with van der Waals surface area (Å²) in [7, 11) is 1.83. The maximum absolute atomic E-state index is 4.68. The summed E-state index contributed by atoms with van der Waals surface area (Å²) in [5.74, 6) is 1.94. The Morgan fingerprint density at radius 1 is 1.14 bits per heavy atom. The molecule has 0 radical (unpaired) electrons. The number of hydrogen-bond acceptors (Lipinski definition) is 4. The molecule has 0 bridgehead atoms. The lowest BCUT2D eigenvalue weighted by molar-refractivity contribution is 0.270. The van der Waals surface area contributed by atoms with E-state index in [0.717, 1.165) is 64.0 Å². The third-order valence-electron chi connectivity index (χ3n) is 5.76. The van der Waals surface area contributed by atoms with Crippen LogP contribution in [0.1, 0.15) is 44.6 Å². The highest BCUT2D eigenvalue weighted by atomic mass is 15.3. The lowest BCUT2D eigenvalue weighted by atomic mass is 9.97. The summed E-state index contributed by atoms with van der Waals surface area (Å²) in [6.45, 7) is 9.41. The zero-order valence-corrected chi connectivity index (χ0v) is 17.6. The second-order valence-electron chi connectivity index (χ2n) is 7.66. The molecule has 0 amide bonds. The molecule has 28 heavy (non-hydrogen) atoms. The second kappa shape index (κ2) is 11.1. The minimum absolute atomic E-state index is 0.735. The Bertz CT molecular complexity index is 643. The Hall–Kier alpha value is -2.08. The average molecular weight is 385 g/mol. The number of aromatic nitrogens is 1. The zero-order chi connectivity index (χ0) is 19.6. The van der Waals surface area contributed by atoms with E-state index in [4.69, 9.17) is 0 Å². The standard InChI is InChI=1S/C22H36N6/c1-3-27-13-15-28(16-14-27)21-10-9-20(17-25-21)18-26-22(23-2)24-12-11-19-7-5-4-6-8-19/h7,9-10,17H,3-6,8,11-16,18H2,1-2H3,(H2,23,24,26). The monoisotopic (exact) mass is 384 g/mol. The highest BCUT2D eigenvalue weighted by Crippen LogP contribution is 2.19. The van der Waals surface area contributed by atoms with Gasteiger partial charge in [-0.1, -0.05) is 24.6 Å². The third-order valence-corrected chi connectivity index (χ3v) is 5.76. The average Bonchev–Trinajstić information content (AvgIpc) is 2.77. The number of piperazine rings is 1. The number of nitrogens with zero attached hydrogens (tertiary/aromatic N) is 4. The van der Waals surface area contributed by atoms with Crippen molar-refractivity contribution >= 4 is 11.8 Å². The van der Waals surface area contributed by atoms with E-state index in [1.54, 1.807) is 5.57 Å².